The van der Waals surface area contributed by atoms with Crippen molar-refractivity contribution in [3.8, 4) is 0 Å². The molecule has 0 spiro atoms. The number of ether oxygens (including phenoxy) is 1. The molecule has 0 amide bonds. The van der Waals surface area contributed by atoms with Gasteiger partial charge >= 0.3 is 5.97 Å². The normalized spacial score (nSPS) is 12.5. The van der Waals surface area contributed by atoms with Gasteiger partial charge in [0.25, 0.3) is 0 Å². The SMILES string of the molecule is CCC(C)c1sc(N)nc1C(=O)OC. The Morgan fingerprint density at radius 3 is 2.86 bits per heavy atom. The quantitative estimate of drug-likeness (QED) is 0.782. The van der Waals surface area contributed by atoms with Crippen molar-refractivity contribution in [1.29, 1.82) is 0 Å². The predicted octanol–water partition coefficient (Wildman–Crippen LogP) is 2.03. The molecule has 0 aromatic carbocycles. The molecular weight excluding hydrogens is 200 g/mol. The number of nitrogens with zero attached hydrogens (tertiary/aromatic N) is 1. The molecule has 2 N–H and O–H groups in total. The highest BCUT2D eigenvalue weighted by Gasteiger charge is 2.20. The number of esters is 1. The van der Waals surface area contributed by atoms with E-state index in [1.165, 1.54) is 18.4 Å². The second-order valence-electron chi connectivity index (χ2n) is 3.07. The van der Waals surface area contributed by atoms with Crippen LogP contribution >= 0.6 is 11.3 Å². The maximum atomic E-state index is 11.3. The lowest BCUT2D eigenvalue weighted by Crippen LogP contribution is -2.06. The maximum absolute atomic E-state index is 11.3. The van der Waals surface area contributed by atoms with Crippen LogP contribution in [-0.4, -0.2) is 18.1 Å². The minimum absolute atomic E-state index is 0.291. The third-order valence-electron chi connectivity index (χ3n) is 2.11. The van der Waals surface area contributed by atoms with Crippen LogP contribution in [0.25, 0.3) is 0 Å². The summed E-state index contributed by atoms with van der Waals surface area (Å²) >= 11 is 1.36. The van der Waals surface area contributed by atoms with Gasteiger partial charge in [-0.25, -0.2) is 9.78 Å². The van der Waals surface area contributed by atoms with E-state index in [4.69, 9.17) is 5.73 Å². The van der Waals surface area contributed by atoms with Crippen molar-refractivity contribution in [3.05, 3.63) is 10.6 Å². The van der Waals surface area contributed by atoms with E-state index in [1.807, 2.05) is 6.92 Å². The van der Waals surface area contributed by atoms with Crippen LogP contribution in [0.15, 0.2) is 0 Å². The highest BCUT2D eigenvalue weighted by Crippen LogP contribution is 2.30. The van der Waals surface area contributed by atoms with Crippen LogP contribution in [-0.2, 0) is 4.74 Å². The van der Waals surface area contributed by atoms with E-state index in [9.17, 15) is 4.79 Å². The number of carbonyl (C=O) groups excluding carboxylic acids is 1. The van der Waals surface area contributed by atoms with Crippen molar-refractivity contribution in [2.75, 3.05) is 12.8 Å². The van der Waals surface area contributed by atoms with E-state index in [2.05, 4.69) is 16.6 Å². The van der Waals surface area contributed by atoms with Gasteiger partial charge in [0.05, 0.1) is 7.11 Å². The third-order valence-corrected chi connectivity index (χ3v) is 3.22. The van der Waals surface area contributed by atoms with Crippen LogP contribution in [0.4, 0.5) is 5.13 Å². The van der Waals surface area contributed by atoms with Crippen LogP contribution in [0, 0.1) is 0 Å². The molecule has 1 aromatic rings. The van der Waals surface area contributed by atoms with E-state index < -0.39 is 5.97 Å². The molecule has 14 heavy (non-hydrogen) atoms. The molecule has 0 fully saturated rings. The molecule has 0 saturated heterocycles. The lowest BCUT2D eigenvalue weighted by atomic mass is 10.1. The summed E-state index contributed by atoms with van der Waals surface area (Å²) in [5.41, 5.74) is 5.93. The van der Waals surface area contributed by atoms with Gasteiger partial charge < -0.3 is 10.5 Å². The van der Waals surface area contributed by atoms with Gasteiger partial charge in [0.15, 0.2) is 10.8 Å². The van der Waals surface area contributed by atoms with Gasteiger partial charge in [0.1, 0.15) is 0 Å². The van der Waals surface area contributed by atoms with Gasteiger partial charge in [-0.1, -0.05) is 13.8 Å². The second-order valence-corrected chi connectivity index (χ2v) is 4.13. The molecule has 1 rings (SSSR count). The minimum atomic E-state index is -0.409. The zero-order valence-electron chi connectivity index (χ0n) is 8.53. The lowest BCUT2D eigenvalue weighted by molar-refractivity contribution is 0.0593. The van der Waals surface area contributed by atoms with E-state index >= 15 is 0 Å². The van der Waals surface area contributed by atoms with Gasteiger partial charge in [0, 0.05) is 4.88 Å². The van der Waals surface area contributed by atoms with Crippen molar-refractivity contribution < 1.29 is 9.53 Å². The lowest BCUT2D eigenvalue weighted by Gasteiger charge is -2.06. The second kappa shape index (κ2) is 4.41. The number of thiazole rings is 1. The number of anilines is 1. The molecule has 4 nitrogen and oxygen atoms in total. The summed E-state index contributed by atoms with van der Waals surface area (Å²) in [7, 11) is 1.35. The summed E-state index contributed by atoms with van der Waals surface area (Å²) in [4.78, 5) is 16.2. The summed E-state index contributed by atoms with van der Waals surface area (Å²) in [6.45, 7) is 4.10. The molecule has 0 saturated carbocycles. The number of rotatable bonds is 3. The van der Waals surface area contributed by atoms with Crippen molar-refractivity contribution >= 4 is 22.4 Å². The predicted molar refractivity (Wildman–Crippen MR) is 56.6 cm³/mol. The molecule has 0 aliphatic heterocycles. The number of nitrogen functional groups attached to an aromatic ring is 1. The monoisotopic (exact) mass is 214 g/mol. The molecule has 0 bridgehead atoms. The largest absolute Gasteiger partial charge is 0.464 e. The molecule has 0 aliphatic carbocycles. The van der Waals surface area contributed by atoms with Crippen molar-refractivity contribution in [1.82, 2.24) is 4.98 Å². The first-order valence-electron chi connectivity index (χ1n) is 4.44. The van der Waals surface area contributed by atoms with Crippen molar-refractivity contribution in [3.63, 3.8) is 0 Å². The minimum Gasteiger partial charge on any atom is -0.464 e. The number of methoxy groups -OCH3 is 1. The number of hydrogen-bond acceptors (Lipinski definition) is 5. The van der Waals surface area contributed by atoms with E-state index in [0.29, 0.717) is 16.7 Å². The standard InChI is InChI=1S/C9H14N2O2S/c1-4-5(2)7-6(8(12)13-3)11-9(10)14-7/h5H,4H2,1-3H3,(H2,10,11). The van der Waals surface area contributed by atoms with E-state index in [0.717, 1.165) is 11.3 Å². The summed E-state index contributed by atoms with van der Waals surface area (Å²) in [6, 6.07) is 0. The number of hydrogen-bond donors (Lipinski definition) is 1. The van der Waals surface area contributed by atoms with Gasteiger partial charge in [-0.15, -0.1) is 11.3 Å². The Labute approximate surface area is 87.1 Å². The van der Waals surface area contributed by atoms with E-state index in [-0.39, 0.29) is 0 Å². The van der Waals surface area contributed by atoms with Crippen molar-refractivity contribution in [2.45, 2.75) is 26.2 Å². The fourth-order valence-corrected chi connectivity index (χ4v) is 2.07. The molecule has 1 aromatic heterocycles. The summed E-state index contributed by atoms with van der Waals surface area (Å²) in [5.74, 6) is -0.118. The average molecular weight is 214 g/mol. The first kappa shape index (κ1) is 11.0. The topological polar surface area (TPSA) is 65.2 Å². The number of carbonyl (C=O) groups is 1. The Hall–Kier alpha value is -1.10. The number of aromatic nitrogens is 1. The van der Waals surface area contributed by atoms with Crippen LogP contribution in [0.1, 0.15) is 41.6 Å². The van der Waals surface area contributed by atoms with E-state index in [1.54, 1.807) is 0 Å². The molecule has 1 heterocycles. The smallest absolute Gasteiger partial charge is 0.357 e. The fourth-order valence-electron chi connectivity index (χ4n) is 1.11. The van der Waals surface area contributed by atoms with Gasteiger partial charge in [-0.3, -0.25) is 0 Å². The molecule has 0 radical (unpaired) electrons. The Kier molecular flexibility index (Phi) is 3.46. The van der Waals surface area contributed by atoms with Crippen LogP contribution in [0.5, 0.6) is 0 Å². The van der Waals surface area contributed by atoms with Crippen LogP contribution in [0.2, 0.25) is 0 Å². The molecule has 1 atom stereocenters. The Bertz CT molecular complexity index is 336. The molecule has 0 aliphatic rings. The van der Waals surface area contributed by atoms with Gasteiger partial charge in [0.2, 0.25) is 0 Å². The Morgan fingerprint density at radius 2 is 2.36 bits per heavy atom. The highest BCUT2D eigenvalue weighted by molar-refractivity contribution is 7.15. The zero-order valence-corrected chi connectivity index (χ0v) is 9.35. The Morgan fingerprint density at radius 1 is 1.71 bits per heavy atom. The third kappa shape index (κ3) is 2.04. The van der Waals surface area contributed by atoms with Gasteiger partial charge in [-0.05, 0) is 12.3 Å². The first-order valence-corrected chi connectivity index (χ1v) is 5.26. The first-order chi connectivity index (χ1) is 6.60. The summed E-state index contributed by atoms with van der Waals surface area (Å²) in [6.07, 6.45) is 0.950. The van der Waals surface area contributed by atoms with Crippen molar-refractivity contribution in [2.24, 2.45) is 0 Å². The molecule has 1 unspecified atom stereocenters. The molecule has 78 valence electrons. The highest BCUT2D eigenvalue weighted by atomic mass is 32.1. The van der Waals surface area contributed by atoms with Crippen LogP contribution < -0.4 is 5.73 Å². The van der Waals surface area contributed by atoms with Crippen LogP contribution in [0.3, 0.4) is 0 Å². The van der Waals surface area contributed by atoms with Gasteiger partial charge in [-0.2, -0.15) is 0 Å². The summed E-state index contributed by atoms with van der Waals surface area (Å²) in [5, 5.41) is 0.417. The molecular formula is C9H14N2O2S. The molecule has 5 heteroatoms. The maximum Gasteiger partial charge on any atom is 0.357 e. The fraction of sp³-hybridized carbons (Fsp3) is 0.556. The Balaban J connectivity index is 3.08. The zero-order chi connectivity index (χ0) is 10.7. The number of nitrogens with two attached hydrogens (primary N) is 1. The average Bonchev–Trinajstić information content (AvgIpc) is 2.58. The summed E-state index contributed by atoms with van der Waals surface area (Å²) < 4.78 is 4.63.